The van der Waals surface area contributed by atoms with Gasteiger partial charge in [0.1, 0.15) is 18.7 Å². The van der Waals surface area contributed by atoms with E-state index >= 15 is 0 Å². The summed E-state index contributed by atoms with van der Waals surface area (Å²) in [6, 6.07) is 3.23. The molecule has 0 atom stereocenters. The van der Waals surface area contributed by atoms with E-state index in [1.807, 2.05) is 17.0 Å². The molecule has 0 amide bonds. The summed E-state index contributed by atoms with van der Waals surface area (Å²) in [7, 11) is -1.06. The van der Waals surface area contributed by atoms with E-state index < -0.39 is 8.07 Å². The van der Waals surface area contributed by atoms with Crippen molar-refractivity contribution in [1.29, 1.82) is 0 Å². The first-order chi connectivity index (χ1) is 12.0. The molecule has 25 heavy (non-hydrogen) atoms. The number of fused-ring (bicyclic) bond motifs is 1. The lowest BCUT2D eigenvalue weighted by Crippen LogP contribution is -2.22. The Kier molecular flexibility index (Phi) is 5.34. The highest BCUT2D eigenvalue weighted by Crippen LogP contribution is 2.28. The fraction of sp³-hybridized carbons (Fsp3) is 0.500. The fourth-order valence-electron chi connectivity index (χ4n) is 2.82. The van der Waals surface area contributed by atoms with Crippen LogP contribution in [0.3, 0.4) is 0 Å². The zero-order valence-corrected chi connectivity index (χ0v) is 16.5. The normalized spacial score (nSPS) is 12.2. The van der Waals surface area contributed by atoms with Crippen molar-refractivity contribution in [3.8, 4) is 11.3 Å². The monoisotopic (exact) mass is 357 g/mol. The number of nitrogens with one attached hydrogen (secondary N) is 1. The Bertz CT molecular complexity index is 833. The van der Waals surface area contributed by atoms with Crippen LogP contribution in [0.15, 0.2) is 24.8 Å². The van der Waals surface area contributed by atoms with Crippen molar-refractivity contribution in [2.75, 3.05) is 6.61 Å². The Morgan fingerprint density at radius 2 is 2.08 bits per heavy atom. The van der Waals surface area contributed by atoms with E-state index in [0.29, 0.717) is 6.73 Å². The van der Waals surface area contributed by atoms with E-state index in [1.54, 1.807) is 6.33 Å². The minimum absolute atomic E-state index is 0.525. The van der Waals surface area contributed by atoms with E-state index in [1.165, 1.54) is 6.04 Å². The number of rotatable bonds is 8. The summed E-state index contributed by atoms with van der Waals surface area (Å²) < 4.78 is 7.92. The molecule has 0 radical (unpaired) electrons. The van der Waals surface area contributed by atoms with Crippen LogP contribution in [0.25, 0.3) is 22.3 Å². The Morgan fingerprint density at radius 1 is 1.24 bits per heavy atom. The minimum atomic E-state index is -1.06. The van der Waals surface area contributed by atoms with Crippen molar-refractivity contribution in [2.24, 2.45) is 0 Å². The van der Waals surface area contributed by atoms with Gasteiger partial charge >= 0.3 is 0 Å². The third kappa shape index (κ3) is 4.16. The Hall–Kier alpha value is -1.99. The fourth-order valence-corrected chi connectivity index (χ4v) is 3.58. The molecule has 0 saturated carbocycles. The van der Waals surface area contributed by atoms with E-state index in [9.17, 15) is 0 Å². The van der Waals surface area contributed by atoms with Crippen LogP contribution in [-0.4, -0.2) is 39.4 Å². The Morgan fingerprint density at radius 3 is 2.84 bits per heavy atom. The maximum atomic E-state index is 5.87. The summed E-state index contributed by atoms with van der Waals surface area (Å²) >= 11 is 0. The molecule has 134 valence electrons. The molecule has 6 nitrogen and oxygen atoms in total. The third-order valence-corrected chi connectivity index (χ3v) is 5.96. The van der Waals surface area contributed by atoms with Crippen LogP contribution in [0.5, 0.6) is 0 Å². The molecule has 3 rings (SSSR count). The van der Waals surface area contributed by atoms with Gasteiger partial charge in [0.05, 0.1) is 11.9 Å². The summed E-state index contributed by atoms with van der Waals surface area (Å²) in [6.07, 6.45) is 7.53. The Labute approximate surface area is 149 Å². The van der Waals surface area contributed by atoms with Crippen LogP contribution in [0, 0.1) is 0 Å². The number of hydrogen-bond acceptors (Lipinski definition) is 4. The summed E-state index contributed by atoms with van der Waals surface area (Å²) in [5, 5.41) is 8.33. The molecule has 0 aliphatic carbocycles. The molecule has 0 saturated heterocycles. The zero-order chi connectivity index (χ0) is 17.9. The number of aromatic nitrogens is 5. The molecule has 0 aliphatic heterocycles. The molecule has 0 bridgehead atoms. The minimum Gasteiger partial charge on any atom is -0.361 e. The number of hydrogen-bond donors (Lipinski definition) is 1. The number of H-pyrrole nitrogens is 1. The van der Waals surface area contributed by atoms with Gasteiger partial charge in [-0.25, -0.2) is 9.97 Å². The van der Waals surface area contributed by atoms with Crippen molar-refractivity contribution in [2.45, 2.75) is 52.2 Å². The van der Waals surface area contributed by atoms with Crippen LogP contribution in [0.1, 0.15) is 19.0 Å². The van der Waals surface area contributed by atoms with Crippen molar-refractivity contribution in [3.05, 3.63) is 30.5 Å². The molecule has 0 unspecified atom stereocenters. The first-order valence-corrected chi connectivity index (χ1v) is 12.6. The van der Waals surface area contributed by atoms with Crippen LogP contribution in [-0.2, 0) is 17.9 Å². The summed E-state index contributed by atoms with van der Waals surface area (Å²) in [5.41, 5.74) is 4.03. The van der Waals surface area contributed by atoms with Crippen molar-refractivity contribution < 1.29 is 4.74 Å². The highest BCUT2D eigenvalue weighted by molar-refractivity contribution is 6.76. The summed E-state index contributed by atoms with van der Waals surface area (Å²) in [6.45, 7) is 10.6. The predicted molar refractivity (Wildman–Crippen MR) is 103 cm³/mol. The van der Waals surface area contributed by atoms with Crippen LogP contribution < -0.4 is 0 Å². The first-order valence-electron chi connectivity index (χ1n) is 8.90. The Balaban J connectivity index is 1.82. The predicted octanol–water partition coefficient (Wildman–Crippen LogP) is 4.09. The molecular weight excluding hydrogens is 330 g/mol. The van der Waals surface area contributed by atoms with Gasteiger partial charge in [-0.05, 0) is 18.5 Å². The second-order valence-corrected chi connectivity index (χ2v) is 13.2. The van der Waals surface area contributed by atoms with Gasteiger partial charge < -0.3 is 9.30 Å². The lowest BCUT2D eigenvalue weighted by atomic mass is 10.1. The van der Waals surface area contributed by atoms with Gasteiger partial charge in [0.25, 0.3) is 0 Å². The topological polar surface area (TPSA) is 68.6 Å². The molecule has 0 aliphatic rings. The zero-order valence-electron chi connectivity index (χ0n) is 15.5. The number of aromatic amines is 1. The third-order valence-electron chi connectivity index (χ3n) is 4.26. The van der Waals surface area contributed by atoms with Crippen molar-refractivity contribution in [3.63, 3.8) is 0 Å². The number of nitrogens with zero attached hydrogens (tertiary/aromatic N) is 4. The average molecular weight is 358 g/mol. The van der Waals surface area contributed by atoms with Gasteiger partial charge in [0, 0.05) is 37.5 Å². The van der Waals surface area contributed by atoms with Gasteiger partial charge in [0.2, 0.25) is 0 Å². The van der Waals surface area contributed by atoms with Gasteiger partial charge in [-0.3, -0.25) is 5.10 Å². The van der Waals surface area contributed by atoms with E-state index in [0.717, 1.165) is 47.4 Å². The van der Waals surface area contributed by atoms with E-state index in [-0.39, 0.29) is 0 Å². The molecule has 3 heterocycles. The van der Waals surface area contributed by atoms with E-state index in [2.05, 4.69) is 52.8 Å². The first kappa shape index (κ1) is 17.8. The standard InChI is InChI=1S/C18H27N5OSi/c1-5-6-16-15(11-21-22-16)17-14-7-8-23(18(14)20-12-19-17)13-24-9-10-25(2,3)4/h7-8,11-12H,5-6,9-10,13H2,1-4H3,(H,21,22). The highest BCUT2D eigenvalue weighted by Gasteiger charge is 2.15. The summed E-state index contributed by atoms with van der Waals surface area (Å²) in [4.78, 5) is 8.98. The quantitative estimate of drug-likeness (QED) is 0.487. The average Bonchev–Trinajstić information content (AvgIpc) is 3.18. The number of aryl methyl sites for hydroxylation is 1. The number of ether oxygens (including phenoxy) is 1. The molecule has 3 aromatic heterocycles. The maximum Gasteiger partial charge on any atom is 0.145 e. The lowest BCUT2D eigenvalue weighted by molar-refractivity contribution is 0.0899. The molecule has 0 spiro atoms. The summed E-state index contributed by atoms with van der Waals surface area (Å²) in [5.74, 6) is 0. The second kappa shape index (κ2) is 7.49. The van der Waals surface area contributed by atoms with Gasteiger partial charge in [-0.2, -0.15) is 5.10 Å². The molecule has 1 N–H and O–H groups in total. The van der Waals surface area contributed by atoms with Crippen LogP contribution in [0.2, 0.25) is 25.7 Å². The van der Waals surface area contributed by atoms with Crippen molar-refractivity contribution in [1.82, 2.24) is 24.7 Å². The van der Waals surface area contributed by atoms with Gasteiger partial charge in [-0.1, -0.05) is 33.0 Å². The van der Waals surface area contributed by atoms with E-state index in [4.69, 9.17) is 4.74 Å². The van der Waals surface area contributed by atoms with Gasteiger partial charge in [0.15, 0.2) is 0 Å². The lowest BCUT2D eigenvalue weighted by Gasteiger charge is -2.15. The molecule has 0 fully saturated rings. The maximum absolute atomic E-state index is 5.87. The SMILES string of the molecule is CCCc1[nH]ncc1-c1ncnc2c1ccn2COCC[Si](C)(C)C. The molecule has 3 aromatic rings. The smallest absolute Gasteiger partial charge is 0.145 e. The largest absolute Gasteiger partial charge is 0.361 e. The second-order valence-electron chi connectivity index (χ2n) is 7.61. The van der Waals surface area contributed by atoms with Crippen LogP contribution >= 0.6 is 0 Å². The van der Waals surface area contributed by atoms with Gasteiger partial charge in [-0.15, -0.1) is 0 Å². The molecule has 7 heteroatoms. The molecular formula is C18H27N5OSi. The molecule has 0 aromatic carbocycles. The van der Waals surface area contributed by atoms with Crippen molar-refractivity contribution >= 4 is 19.1 Å². The highest BCUT2D eigenvalue weighted by atomic mass is 28.3. The van der Waals surface area contributed by atoms with Crippen LogP contribution in [0.4, 0.5) is 0 Å².